The summed E-state index contributed by atoms with van der Waals surface area (Å²) in [5, 5.41) is 4.44. The number of aromatic nitrogens is 4. The first kappa shape index (κ1) is 12.6. The predicted molar refractivity (Wildman–Crippen MR) is 81.1 cm³/mol. The number of fused-ring (bicyclic) bond motifs is 1. The molecule has 0 bridgehead atoms. The Morgan fingerprint density at radius 2 is 2.24 bits per heavy atom. The van der Waals surface area contributed by atoms with Crippen LogP contribution in [0.2, 0.25) is 0 Å². The molecule has 4 heterocycles. The van der Waals surface area contributed by atoms with E-state index in [1.54, 1.807) is 0 Å². The van der Waals surface area contributed by atoms with Gasteiger partial charge >= 0.3 is 0 Å². The molecule has 1 saturated heterocycles. The van der Waals surface area contributed by atoms with Gasteiger partial charge in [-0.25, -0.2) is 4.98 Å². The molecule has 0 spiro atoms. The van der Waals surface area contributed by atoms with Crippen LogP contribution in [0.4, 0.5) is 0 Å². The van der Waals surface area contributed by atoms with Gasteiger partial charge in [0.25, 0.3) is 0 Å². The van der Waals surface area contributed by atoms with Crippen LogP contribution in [-0.4, -0.2) is 37.2 Å². The molecule has 5 nitrogen and oxygen atoms in total. The molecule has 0 aromatic carbocycles. The van der Waals surface area contributed by atoms with Crippen LogP contribution in [0, 0.1) is 6.92 Å². The molecule has 4 rings (SSSR count). The maximum absolute atomic E-state index is 4.68. The minimum atomic E-state index is 0.496. The van der Waals surface area contributed by atoms with E-state index in [2.05, 4.69) is 43.4 Å². The Hall–Kier alpha value is -2.14. The summed E-state index contributed by atoms with van der Waals surface area (Å²) in [4.78, 5) is 7.14. The van der Waals surface area contributed by atoms with Gasteiger partial charge in [0.2, 0.25) is 0 Å². The molecule has 108 valence electrons. The Labute approximate surface area is 123 Å². The number of aryl methyl sites for hydroxylation is 1. The number of imidazole rings is 1. The van der Waals surface area contributed by atoms with Crippen LogP contribution in [0.5, 0.6) is 0 Å². The Morgan fingerprint density at radius 1 is 1.29 bits per heavy atom. The summed E-state index contributed by atoms with van der Waals surface area (Å²) in [5.41, 5.74) is 3.39. The zero-order valence-corrected chi connectivity index (χ0v) is 12.2. The Balaban J connectivity index is 1.46. The highest BCUT2D eigenvalue weighted by Gasteiger charge is 2.24. The first-order valence-electron chi connectivity index (χ1n) is 7.44. The predicted octanol–water partition coefficient (Wildman–Crippen LogP) is 2.29. The van der Waals surface area contributed by atoms with Crippen molar-refractivity contribution in [3.05, 3.63) is 54.2 Å². The smallest absolute Gasteiger partial charge is 0.137 e. The molecule has 0 aliphatic carbocycles. The molecule has 1 aliphatic heterocycles. The van der Waals surface area contributed by atoms with Gasteiger partial charge in [0.1, 0.15) is 5.65 Å². The van der Waals surface area contributed by atoms with Crippen LogP contribution < -0.4 is 0 Å². The second-order valence-corrected chi connectivity index (χ2v) is 5.87. The van der Waals surface area contributed by atoms with Crippen LogP contribution in [0.15, 0.2) is 43.0 Å². The zero-order valence-electron chi connectivity index (χ0n) is 12.2. The Morgan fingerprint density at radius 3 is 3.05 bits per heavy atom. The molecule has 3 aromatic rings. The van der Waals surface area contributed by atoms with Gasteiger partial charge in [0.05, 0.1) is 17.9 Å². The van der Waals surface area contributed by atoms with Crippen LogP contribution in [0.1, 0.15) is 23.7 Å². The molecule has 1 unspecified atom stereocenters. The van der Waals surface area contributed by atoms with Gasteiger partial charge in [0.15, 0.2) is 0 Å². The van der Waals surface area contributed by atoms with E-state index in [1.807, 2.05) is 30.6 Å². The minimum absolute atomic E-state index is 0.496. The fraction of sp³-hybridized carbons (Fsp3) is 0.375. The lowest BCUT2D eigenvalue weighted by Crippen LogP contribution is -2.21. The van der Waals surface area contributed by atoms with Crippen molar-refractivity contribution in [2.24, 2.45) is 0 Å². The third kappa shape index (κ3) is 2.45. The molecule has 5 heteroatoms. The van der Waals surface area contributed by atoms with Gasteiger partial charge in [-0.05, 0) is 31.0 Å². The molecule has 1 fully saturated rings. The lowest BCUT2D eigenvalue weighted by Gasteiger charge is -2.14. The van der Waals surface area contributed by atoms with Crippen LogP contribution in [0.3, 0.4) is 0 Å². The summed E-state index contributed by atoms with van der Waals surface area (Å²) in [6.07, 6.45) is 9.41. The van der Waals surface area contributed by atoms with E-state index >= 15 is 0 Å². The Kier molecular flexibility index (Phi) is 3.00. The van der Waals surface area contributed by atoms with Gasteiger partial charge in [-0.3, -0.25) is 9.58 Å². The summed E-state index contributed by atoms with van der Waals surface area (Å²) >= 11 is 0. The van der Waals surface area contributed by atoms with E-state index in [0.717, 1.165) is 37.4 Å². The molecular weight excluding hydrogens is 262 g/mol. The van der Waals surface area contributed by atoms with E-state index < -0.39 is 0 Å². The first-order chi connectivity index (χ1) is 10.3. The minimum Gasteiger partial charge on any atom is -0.307 e. The summed E-state index contributed by atoms with van der Waals surface area (Å²) in [6.45, 7) is 5.16. The molecular formula is C16H19N5. The van der Waals surface area contributed by atoms with E-state index in [4.69, 9.17) is 0 Å². The summed E-state index contributed by atoms with van der Waals surface area (Å²) in [7, 11) is 0. The van der Waals surface area contributed by atoms with Crippen molar-refractivity contribution in [2.75, 3.05) is 13.1 Å². The van der Waals surface area contributed by atoms with Crippen molar-refractivity contribution in [1.29, 1.82) is 0 Å². The summed E-state index contributed by atoms with van der Waals surface area (Å²) in [6, 6.07) is 6.60. The van der Waals surface area contributed by atoms with Crippen LogP contribution in [0.25, 0.3) is 5.65 Å². The lowest BCUT2D eigenvalue weighted by atomic mass is 10.3. The second kappa shape index (κ2) is 5.00. The monoisotopic (exact) mass is 281 g/mol. The molecule has 1 aliphatic rings. The lowest BCUT2D eigenvalue weighted by molar-refractivity contribution is 0.308. The average Bonchev–Trinajstić information content (AvgIpc) is 3.17. The number of hydrogen-bond donors (Lipinski definition) is 0. The number of nitrogens with zero attached hydrogens (tertiary/aromatic N) is 5. The number of hydrogen-bond acceptors (Lipinski definition) is 3. The standard InChI is InChI=1S/C16H19N5/c1-13-8-17-21(9-13)15-5-7-19(12-15)10-14-11-20-6-3-2-4-16(20)18-14/h2-4,6,8-9,11,15H,5,7,10,12H2,1H3. The maximum atomic E-state index is 4.68. The highest BCUT2D eigenvalue weighted by molar-refractivity contribution is 5.39. The topological polar surface area (TPSA) is 38.4 Å². The average molecular weight is 281 g/mol. The van der Waals surface area contributed by atoms with Gasteiger partial charge in [0, 0.05) is 38.2 Å². The largest absolute Gasteiger partial charge is 0.307 e. The van der Waals surface area contributed by atoms with Crippen molar-refractivity contribution in [3.63, 3.8) is 0 Å². The third-order valence-electron chi connectivity index (χ3n) is 4.15. The fourth-order valence-electron chi connectivity index (χ4n) is 3.10. The zero-order chi connectivity index (χ0) is 14.2. The van der Waals surface area contributed by atoms with Gasteiger partial charge < -0.3 is 4.40 Å². The Bertz CT molecular complexity index is 724. The van der Waals surface area contributed by atoms with Crippen molar-refractivity contribution in [1.82, 2.24) is 24.1 Å². The van der Waals surface area contributed by atoms with Crippen LogP contribution >= 0.6 is 0 Å². The molecule has 0 N–H and O–H groups in total. The third-order valence-corrected chi connectivity index (χ3v) is 4.15. The number of rotatable bonds is 3. The number of likely N-dealkylation sites (tertiary alicyclic amines) is 1. The van der Waals surface area contributed by atoms with Crippen molar-refractivity contribution in [2.45, 2.75) is 25.9 Å². The normalized spacial score (nSPS) is 19.6. The van der Waals surface area contributed by atoms with E-state index in [1.165, 1.54) is 5.56 Å². The van der Waals surface area contributed by atoms with Gasteiger partial charge in [-0.2, -0.15) is 5.10 Å². The highest BCUT2D eigenvalue weighted by Crippen LogP contribution is 2.22. The molecule has 0 radical (unpaired) electrons. The van der Waals surface area contributed by atoms with Crippen molar-refractivity contribution >= 4 is 5.65 Å². The van der Waals surface area contributed by atoms with Crippen LogP contribution in [-0.2, 0) is 6.54 Å². The molecule has 0 saturated carbocycles. The maximum Gasteiger partial charge on any atom is 0.137 e. The molecule has 1 atom stereocenters. The molecule has 21 heavy (non-hydrogen) atoms. The van der Waals surface area contributed by atoms with Crippen molar-refractivity contribution in [3.8, 4) is 0 Å². The second-order valence-electron chi connectivity index (χ2n) is 5.87. The number of pyridine rings is 1. The molecule has 3 aromatic heterocycles. The SMILES string of the molecule is Cc1cnn(C2CCN(Cc3cn4ccccc4n3)C2)c1. The highest BCUT2D eigenvalue weighted by atomic mass is 15.3. The van der Waals surface area contributed by atoms with E-state index in [9.17, 15) is 0 Å². The fourth-order valence-corrected chi connectivity index (χ4v) is 3.10. The first-order valence-corrected chi connectivity index (χ1v) is 7.44. The van der Waals surface area contributed by atoms with E-state index in [0.29, 0.717) is 6.04 Å². The molecule has 0 amide bonds. The van der Waals surface area contributed by atoms with Gasteiger partial charge in [-0.1, -0.05) is 6.07 Å². The van der Waals surface area contributed by atoms with Gasteiger partial charge in [-0.15, -0.1) is 0 Å². The summed E-state index contributed by atoms with van der Waals surface area (Å²) < 4.78 is 4.19. The quantitative estimate of drug-likeness (QED) is 0.739. The van der Waals surface area contributed by atoms with Crippen molar-refractivity contribution < 1.29 is 0 Å². The summed E-state index contributed by atoms with van der Waals surface area (Å²) in [5.74, 6) is 0. The van der Waals surface area contributed by atoms with E-state index in [-0.39, 0.29) is 0 Å².